The van der Waals surface area contributed by atoms with Gasteiger partial charge >= 0.3 is 12.1 Å². The van der Waals surface area contributed by atoms with Crippen LogP contribution in [0.5, 0.6) is 0 Å². The predicted octanol–water partition coefficient (Wildman–Crippen LogP) is 11.9. The van der Waals surface area contributed by atoms with E-state index in [1.54, 1.807) is 10.0 Å². The molecule has 0 radical (unpaired) electrons. The van der Waals surface area contributed by atoms with Crippen molar-refractivity contribution in [1.82, 2.24) is 20.7 Å². The SMILES string of the molecule is CCCCCC1=NN(C(=O)N[C@H]2C[C@H]3CC[C@]2(C)C3(C)C)CC1c1ccccc1.CCCCCC1=NN(C(=O)N[C@H]2C[C@H]3CC[C@]2(C)C3(C)C)CC1c1ccccc1. The summed E-state index contributed by atoms with van der Waals surface area (Å²) in [6, 6.07) is 21.6. The first-order valence-corrected chi connectivity index (χ1v) is 23.1. The Balaban J connectivity index is 0.000000177. The van der Waals surface area contributed by atoms with Crippen LogP contribution in [0.3, 0.4) is 0 Å². The molecule has 4 saturated carbocycles. The third-order valence-corrected chi connectivity index (χ3v) is 17.1. The molecule has 58 heavy (non-hydrogen) atoms. The smallest absolute Gasteiger partial charge is 0.333 e. The van der Waals surface area contributed by atoms with Crippen LogP contribution in [-0.2, 0) is 0 Å². The Labute approximate surface area is 350 Å². The van der Waals surface area contributed by atoms with Gasteiger partial charge in [0.2, 0.25) is 0 Å². The van der Waals surface area contributed by atoms with Gasteiger partial charge in [-0.1, -0.05) is 142 Å². The average molecular weight is 791 g/mol. The fourth-order valence-electron chi connectivity index (χ4n) is 12.2. The van der Waals surface area contributed by atoms with Crippen molar-refractivity contribution in [2.75, 3.05) is 13.1 Å². The Morgan fingerprint density at radius 1 is 0.603 bits per heavy atom. The first-order valence-electron chi connectivity index (χ1n) is 23.1. The molecule has 0 aromatic heterocycles. The van der Waals surface area contributed by atoms with Gasteiger partial charge in [0, 0.05) is 35.3 Å². The van der Waals surface area contributed by atoms with Crippen molar-refractivity contribution < 1.29 is 9.59 Å². The molecule has 4 bridgehead atoms. The Morgan fingerprint density at radius 3 is 1.29 bits per heavy atom. The molecule has 0 spiro atoms. The summed E-state index contributed by atoms with van der Waals surface area (Å²) in [7, 11) is 0. The zero-order chi connectivity index (χ0) is 41.3. The topological polar surface area (TPSA) is 89.4 Å². The van der Waals surface area contributed by atoms with Crippen LogP contribution in [0, 0.1) is 33.5 Å². The Kier molecular flexibility index (Phi) is 12.5. The summed E-state index contributed by atoms with van der Waals surface area (Å²) in [6.07, 6.45) is 16.3. The lowest BCUT2D eigenvalue weighted by atomic mass is 9.69. The number of hydrogen-bond donors (Lipinski definition) is 2. The maximum Gasteiger partial charge on any atom is 0.338 e. The first kappa shape index (κ1) is 42.4. The maximum absolute atomic E-state index is 13.2. The molecule has 4 amide bonds. The predicted molar refractivity (Wildman–Crippen MR) is 238 cm³/mol. The van der Waals surface area contributed by atoms with E-state index in [9.17, 15) is 9.59 Å². The molecule has 8 atom stereocenters. The molecule has 2 unspecified atom stereocenters. The highest BCUT2D eigenvalue weighted by Gasteiger charge is 2.63. The van der Waals surface area contributed by atoms with Gasteiger partial charge in [0.15, 0.2) is 0 Å². The van der Waals surface area contributed by atoms with E-state index in [-0.39, 0.29) is 46.8 Å². The van der Waals surface area contributed by atoms with Crippen molar-refractivity contribution in [3.05, 3.63) is 71.8 Å². The second kappa shape index (κ2) is 17.1. The molecule has 0 saturated heterocycles. The van der Waals surface area contributed by atoms with Gasteiger partial charge in [-0.3, -0.25) is 0 Å². The van der Waals surface area contributed by atoms with Crippen molar-refractivity contribution in [3.8, 4) is 0 Å². The van der Waals surface area contributed by atoms with Crippen LogP contribution in [0.25, 0.3) is 0 Å². The summed E-state index contributed by atoms with van der Waals surface area (Å²) in [5.74, 6) is 1.90. The average Bonchev–Trinajstić information content (AvgIpc) is 4.01. The van der Waals surface area contributed by atoms with Crippen molar-refractivity contribution >= 4 is 23.5 Å². The molecule has 2 N–H and O–H groups in total. The number of benzene rings is 2. The molecule has 8 nitrogen and oxygen atoms in total. The summed E-state index contributed by atoms with van der Waals surface area (Å²) < 4.78 is 0. The number of amides is 4. The minimum absolute atomic E-state index is 0.00834. The summed E-state index contributed by atoms with van der Waals surface area (Å²) in [5.41, 5.74) is 5.86. The van der Waals surface area contributed by atoms with Crippen LogP contribution in [0.2, 0.25) is 0 Å². The second-order valence-corrected chi connectivity index (χ2v) is 20.4. The van der Waals surface area contributed by atoms with Gasteiger partial charge in [-0.15, -0.1) is 0 Å². The highest BCUT2D eigenvalue weighted by atomic mass is 16.2. The van der Waals surface area contributed by atoms with Gasteiger partial charge < -0.3 is 10.6 Å². The summed E-state index contributed by atoms with van der Waals surface area (Å²) >= 11 is 0. The number of urea groups is 2. The van der Waals surface area contributed by atoms with Crippen LogP contribution in [0.1, 0.15) is 168 Å². The Hall–Kier alpha value is -3.68. The van der Waals surface area contributed by atoms with E-state index < -0.39 is 0 Å². The number of hydrogen-bond acceptors (Lipinski definition) is 4. The van der Waals surface area contributed by atoms with E-state index in [1.165, 1.54) is 73.9 Å². The number of carbonyl (C=O) groups is 2. The highest BCUT2D eigenvalue weighted by Crippen LogP contribution is 2.66. The first-order chi connectivity index (χ1) is 27.7. The normalized spacial score (nSPS) is 32.5. The standard InChI is InChI=1S/2C25H37N3O/c2*1-5-6-8-13-21-20(18-11-9-7-10-12-18)17-28(27-21)23(29)26-22-16-19-14-15-25(22,4)24(19,2)3/h2*7,9-12,19-20,22H,5-6,8,13-17H2,1-4H3,(H,26,29)/t2*19-,20?,22+,25+/m11/s1. The van der Waals surface area contributed by atoms with Crippen molar-refractivity contribution in [3.63, 3.8) is 0 Å². The molecule has 8 rings (SSSR count). The van der Waals surface area contributed by atoms with E-state index in [4.69, 9.17) is 10.2 Å². The van der Waals surface area contributed by atoms with Gasteiger partial charge in [0.05, 0.1) is 13.1 Å². The largest absolute Gasteiger partial charge is 0.338 e. The number of unbranched alkanes of at least 4 members (excludes halogenated alkanes) is 4. The Morgan fingerprint density at radius 2 is 0.983 bits per heavy atom. The quantitative estimate of drug-likeness (QED) is 0.210. The lowest BCUT2D eigenvalue weighted by Crippen LogP contribution is -2.50. The van der Waals surface area contributed by atoms with Gasteiger partial charge in [0.1, 0.15) is 0 Å². The molecule has 2 aromatic rings. The number of fused-ring (bicyclic) bond motifs is 4. The van der Waals surface area contributed by atoms with E-state index in [1.807, 2.05) is 0 Å². The zero-order valence-electron chi connectivity index (χ0n) is 37.2. The molecule has 2 aliphatic heterocycles. The van der Waals surface area contributed by atoms with Crippen molar-refractivity contribution in [1.29, 1.82) is 0 Å². The van der Waals surface area contributed by atoms with E-state index in [2.05, 4.69) is 127 Å². The van der Waals surface area contributed by atoms with E-state index >= 15 is 0 Å². The minimum Gasteiger partial charge on any atom is -0.333 e. The molecule has 6 aliphatic rings. The Bertz CT molecular complexity index is 1670. The molecular formula is C50H74N6O2. The van der Waals surface area contributed by atoms with Crippen LogP contribution in [-0.4, -0.2) is 58.7 Å². The summed E-state index contributed by atoms with van der Waals surface area (Å²) in [5, 5.41) is 19.8. The number of hydrazone groups is 2. The molecule has 316 valence electrons. The maximum atomic E-state index is 13.2. The van der Waals surface area contributed by atoms with Gasteiger partial charge in [-0.25, -0.2) is 19.6 Å². The summed E-state index contributed by atoms with van der Waals surface area (Å²) in [4.78, 5) is 26.4. The van der Waals surface area contributed by atoms with Gasteiger partial charge in [-0.2, -0.15) is 10.2 Å². The van der Waals surface area contributed by atoms with Gasteiger partial charge in [0.25, 0.3) is 0 Å². The number of nitrogens with one attached hydrogen (secondary N) is 2. The fraction of sp³-hybridized carbons (Fsp3) is 0.680. The fourth-order valence-corrected chi connectivity index (χ4v) is 12.2. The minimum atomic E-state index is -0.00834. The van der Waals surface area contributed by atoms with E-state index in [0.717, 1.165) is 50.4 Å². The summed E-state index contributed by atoms with van der Waals surface area (Å²) in [6.45, 7) is 20.1. The number of rotatable bonds is 12. The number of carbonyl (C=O) groups excluding carboxylic acids is 2. The molecule has 2 aromatic carbocycles. The third kappa shape index (κ3) is 7.87. The van der Waals surface area contributed by atoms with Crippen LogP contribution in [0.4, 0.5) is 9.59 Å². The number of nitrogens with zero attached hydrogens (tertiary/aromatic N) is 4. The third-order valence-electron chi connectivity index (χ3n) is 17.1. The molecule has 8 heteroatoms. The molecule has 2 heterocycles. The monoisotopic (exact) mass is 791 g/mol. The van der Waals surface area contributed by atoms with Crippen molar-refractivity contribution in [2.24, 2.45) is 43.7 Å². The van der Waals surface area contributed by atoms with Crippen LogP contribution < -0.4 is 10.6 Å². The van der Waals surface area contributed by atoms with E-state index in [0.29, 0.717) is 23.9 Å². The second-order valence-electron chi connectivity index (χ2n) is 20.4. The lowest BCUT2D eigenvalue weighted by molar-refractivity contribution is 0.118. The van der Waals surface area contributed by atoms with Gasteiger partial charge in [-0.05, 0) is 109 Å². The van der Waals surface area contributed by atoms with Crippen LogP contribution in [0.15, 0.2) is 70.9 Å². The molecular weight excluding hydrogens is 717 g/mol. The van der Waals surface area contributed by atoms with Crippen LogP contribution >= 0.6 is 0 Å². The van der Waals surface area contributed by atoms with Crippen molar-refractivity contribution in [2.45, 2.75) is 169 Å². The molecule has 4 fully saturated rings. The zero-order valence-corrected chi connectivity index (χ0v) is 37.2. The lowest BCUT2D eigenvalue weighted by Gasteiger charge is -2.39. The molecule has 4 aliphatic carbocycles. The highest BCUT2D eigenvalue weighted by molar-refractivity contribution is 5.95.